The van der Waals surface area contributed by atoms with Gasteiger partial charge in [0.05, 0.1) is 29.1 Å². The number of rotatable bonds is 6. The van der Waals surface area contributed by atoms with Crippen LogP contribution in [-0.2, 0) is 0 Å². The molecule has 0 N–H and O–H groups in total. The molecular formula is C22H20FN5O3. The van der Waals surface area contributed by atoms with Crippen molar-refractivity contribution in [3.05, 3.63) is 77.4 Å². The maximum atomic E-state index is 14.6. The summed E-state index contributed by atoms with van der Waals surface area (Å²) in [5, 5.41) is 7.89. The van der Waals surface area contributed by atoms with Gasteiger partial charge in [-0.05, 0) is 38.1 Å². The summed E-state index contributed by atoms with van der Waals surface area (Å²) in [4.78, 5) is 42.4. The van der Waals surface area contributed by atoms with Crippen molar-refractivity contribution in [2.45, 2.75) is 19.9 Å². The van der Waals surface area contributed by atoms with Gasteiger partial charge in [-0.1, -0.05) is 18.2 Å². The lowest BCUT2D eigenvalue weighted by Gasteiger charge is -2.31. The molecule has 1 aliphatic heterocycles. The second-order valence-electron chi connectivity index (χ2n) is 7.16. The summed E-state index contributed by atoms with van der Waals surface area (Å²) in [6.45, 7) is 3.85. The molecule has 0 radical (unpaired) electrons. The van der Waals surface area contributed by atoms with E-state index < -0.39 is 17.8 Å². The number of imide groups is 1. The molecule has 2 aromatic carbocycles. The van der Waals surface area contributed by atoms with Gasteiger partial charge in [-0.15, -0.1) is 4.80 Å². The Labute approximate surface area is 177 Å². The Hall–Kier alpha value is -3.88. The summed E-state index contributed by atoms with van der Waals surface area (Å²) >= 11 is 0. The Balaban J connectivity index is 1.60. The van der Waals surface area contributed by atoms with Crippen molar-refractivity contribution in [2.24, 2.45) is 0 Å². The van der Waals surface area contributed by atoms with Crippen LogP contribution >= 0.6 is 0 Å². The van der Waals surface area contributed by atoms with Crippen LogP contribution in [0.15, 0.2) is 54.9 Å². The van der Waals surface area contributed by atoms with Crippen molar-refractivity contribution >= 4 is 17.7 Å². The fourth-order valence-corrected chi connectivity index (χ4v) is 3.80. The van der Waals surface area contributed by atoms with Crippen LogP contribution in [0.1, 0.15) is 44.9 Å². The van der Waals surface area contributed by atoms with E-state index in [1.807, 2.05) is 0 Å². The smallest absolute Gasteiger partial charge is 0.261 e. The molecule has 9 heteroatoms. The Bertz CT molecular complexity index is 1130. The zero-order valence-corrected chi connectivity index (χ0v) is 17.0. The number of fused-ring (bicyclic) bond motifs is 1. The van der Waals surface area contributed by atoms with Crippen molar-refractivity contribution in [3.8, 4) is 5.69 Å². The summed E-state index contributed by atoms with van der Waals surface area (Å²) in [5.74, 6) is -1.85. The number of hydrogen-bond acceptors (Lipinski definition) is 5. The minimum Gasteiger partial charge on any atom is -0.334 e. The summed E-state index contributed by atoms with van der Waals surface area (Å²) in [5.41, 5.74) is 0.744. The van der Waals surface area contributed by atoms with Crippen molar-refractivity contribution in [1.29, 1.82) is 0 Å². The predicted molar refractivity (Wildman–Crippen MR) is 109 cm³/mol. The standard InChI is InChI=1S/C22H20FN5O3/c1-3-26(14(2)13-27-20(29)15-7-4-5-8-16(15)21(27)30)22(31)17-9-6-10-18(23)19(17)28-24-11-12-25-28/h4-12,14H,3,13H2,1-2H3/t14-/m0/s1. The average molecular weight is 421 g/mol. The molecule has 8 nitrogen and oxygen atoms in total. The lowest BCUT2D eigenvalue weighted by molar-refractivity contribution is 0.0539. The fourth-order valence-electron chi connectivity index (χ4n) is 3.80. The number of halogens is 1. The summed E-state index contributed by atoms with van der Waals surface area (Å²) < 4.78 is 14.6. The number of hydrogen-bond donors (Lipinski definition) is 0. The number of para-hydroxylation sites is 1. The Morgan fingerprint density at radius 1 is 1.03 bits per heavy atom. The molecule has 2 heterocycles. The highest BCUT2D eigenvalue weighted by molar-refractivity contribution is 6.21. The molecule has 158 valence electrons. The lowest BCUT2D eigenvalue weighted by Crippen LogP contribution is -2.47. The SMILES string of the molecule is CCN(C(=O)c1cccc(F)c1-n1nccn1)[C@@H](C)CN1C(=O)c2ccccc2C1=O. The molecule has 3 aromatic rings. The highest BCUT2D eigenvalue weighted by Gasteiger charge is 2.37. The molecular weight excluding hydrogens is 401 g/mol. The first-order valence-electron chi connectivity index (χ1n) is 9.85. The van der Waals surface area contributed by atoms with E-state index in [1.165, 1.54) is 35.5 Å². The second-order valence-corrected chi connectivity index (χ2v) is 7.16. The van der Waals surface area contributed by atoms with E-state index in [9.17, 15) is 18.8 Å². The van der Waals surface area contributed by atoms with Gasteiger partial charge in [-0.2, -0.15) is 10.2 Å². The molecule has 1 aromatic heterocycles. The van der Waals surface area contributed by atoms with Gasteiger partial charge in [0.15, 0.2) is 5.82 Å². The predicted octanol–water partition coefficient (Wildman–Crippen LogP) is 2.55. The monoisotopic (exact) mass is 421 g/mol. The van der Waals surface area contributed by atoms with Crippen LogP contribution in [0.4, 0.5) is 4.39 Å². The quantitative estimate of drug-likeness (QED) is 0.571. The van der Waals surface area contributed by atoms with Crippen molar-refractivity contribution in [1.82, 2.24) is 24.8 Å². The van der Waals surface area contributed by atoms with Gasteiger partial charge in [0, 0.05) is 19.1 Å². The molecule has 0 bridgehead atoms. The number of nitrogens with zero attached hydrogens (tertiary/aromatic N) is 5. The molecule has 0 saturated heterocycles. The van der Waals surface area contributed by atoms with Crippen LogP contribution in [0.25, 0.3) is 5.69 Å². The van der Waals surface area contributed by atoms with E-state index in [2.05, 4.69) is 10.2 Å². The third-order valence-corrected chi connectivity index (χ3v) is 5.29. The highest BCUT2D eigenvalue weighted by atomic mass is 19.1. The molecule has 1 aliphatic rings. The van der Waals surface area contributed by atoms with Crippen LogP contribution in [0.3, 0.4) is 0 Å². The Kier molecular flexibility index (Phi) is 5.33. The molecule has 1 atom stereocenters. The third-order valence-electron chi connectivity index (χ3n) is 5.29. The number of likely N-dealkylation sites (N-methyl/N-ethyl adjacent to an activating group) is 1. The molecule has 0 aliphatic carbocycles. The van der Waals surface area contributed by atoms with Gasteiger partial charge in [0.2, 0.25) is 0 Å². The topological polar surface area (TPSA) is 88.4 Å². The fraction of sp³-hybridized carbons (Fsp3) is 0.227. The maximum absolute atomic E-state index is 14.6. The van der Waals surface area contributed by atoms with Crippen LogP contribution in [0.2, 0.25) is 0 Å². The van der Waals surface area contributed by atoms with E-state index in [0.717, 1.165) is 9.70 Å². The van der Waals surface area contributed by atoms with Crippen molar-refractivity contribution < 1.29 is 18.8 Å². The Morgan fingerprint density at radius 2 is 1.65 bits per heavy atom. The molecule has 0 saturated carbocycles. The van der Waals surface area contributed by atoms with E-state index in [0.29, 0.717) is 17.7 Å². The first-order chi connectivity index (χ1) is 14.9. The minimum absolute atomic E-state index is 0.0244. The zero-order chi connectivity index (χ0) is 22.1. The number of benzene rings is 2. The normalized spacial score (nSPS) is 14.0. The average Bonchev–Trinajstić information content (AvgIpc) is 3.38. The zero-order valence-electron chi connectivity index (χ0n) is 17.0. The largest absolute Gasteiger partial charge is 0.334 e. The van der Waals surface area contributed by atoms with Crippen LogP contribution in [0, 0.1) is 5.82 Å². The van der Waals surface area contributed by atoms with Crippen LogP contribution in [-0.4, -0.2) is 61.6 Å². The lowest BCUT2D eigenvalue weighted by atomic mass is 10.1. The first kappa shape index (κ1) is 20.4. The maximum Gasteiger partial charge on any atom is 0.261 e. The summed E-state index contributed by atoms with van der Waals surface area (Å²) in [6, 6.07) is 10.3. The van der Waals surface area contributed by atoms with E-state index in [4.69, 9.17) is 0 Å². The molecule has 4 rings (SSSR count). The number of carbonyl (C=O) groups excluding carboxylic acids is 3. The molecule has 31 heavy (non-hydrogen) atoms. The van der Waals surface area contributed by atoms with Crippen molar-refractivity contribution in [2.75, 3.05) is 13.1 Å². The molecule has 0 unspecified atom stereocenters. The van der Waals surface area contributed by atoms with Crippen LogP contribution < -0.4 is 0 Å². The third kappa shape index (κ3) is 3.48. The highest BCUT2D eigenvalue weighted by Crippen LogP contribution is 2.24. The summed E-state index contributed by atoms with van der Waals surface area (Å²) in [7, 11) is 0. The van der Waals surface area contributed by atoms with Gasteiger partial charge in [0.25, 0.3) is 17.7 Å². The van der Waals surface area contributed by atoms with Gasteiger partial charge in [-0.3, -0.25) is 19.3 Å². The van der Waals surface area contributed by atoms with E-state index in [1.54, 1.807) is 38.1 Å². The molecule has 3 amide bonds. The number of aromatic nitrogens is 3. The van der Waals surface area contributed by atoms with Gasteiger partial charge >= 0.3 is 0 Å². The van der Waals surface area contributed by atoms with Gasteiger partial charge in [-0.25, -0.2) is 4.39 Å². The van der Waals surface area contributed by atoms with Gasteiger partial charge < -0.3 is 4.90 Å². The number of carbonyl (C=O) groups is 3. The van der Waals surface area contributed by atoms with Crippen LogP contribution in [0.5, 0.6) is 0 Å². The minimum atomic E-state index is -0.633. The number of amides is 3. The van der Waals surface area contributed by atoms with E-state index in [-0.39, 0.29) is 29.6 Å². The Morgan fingerprint density at radius 3 is 2.23 bits per heavy atom. The van der Waals surface area contributed by atoms with E-state index >= 15 is 0 Å². The molecule has 0 spiro atoms. The summed E-state index contributed by atoms with van der Waals surface area (Å²) in [6.07, 6.45) is 2.78. The van der Waals surface area contributed by atoms with Crippen molar-refractivity contribution in [3.63, 3.8) is 0 Å². The second kappa shape index (κ2) is 8.10. The first-order valence-corrected chi connectivity index (χ1v) is 9.85. The molecule has 0 fully saturated rings. The van der Waals surface area contributed by atoms with Gasteiger partial charge in [0.1, 0.15) is 5.69 Å².